The van der Waals surface area contributed by atoms with Gasteiger partial charge in [-0.2, -0.15) is 0 Å². The van der Waals surface area contributed by atoms with Gasteiger partial charge in [0, 0.05) is 25.2 Å². The molecule has 1 rings (SSSR count). The van der Waals surface area contributed by atoms with Crippen molar-refractivity contribution in [3.8, 4) is 0 Å². The lowest BCUT2D eigenvalue weighted by molar-refractivity contribution is 0.131. The molecular formula is C9H18N4. The van der Waals surface area contributed by atoms with Gasteiger partial charge in [0.2, 0.25) is 0 Å². The second-order valence-electron chi connectivity index (χ2n) is 3.50. The van der Waals surface area contributed by atoms with Gasteiger partial charge in [-0.05, 0) is 13.8 Å². The molecular weight excluding hydrogens is 164 g/mol. The largest absolute Gasteiger partial charge is 0.284 e. The second-order valence-corrected chi connectivity index (χ2v) is 3.50. The Hall–Kier alpha value is -0.870. The lowest BCUT2D eigenvalue weighted by atomic mass is 10.2. The number of aliphatic imine (C=N–C) groups is 1. The van der Waals surface area contributed by atoms with Gasteiger partial charge in [-0.25, -0.2) is 10.8 Å². The molecule has 2 N–H and O–H groups in total. The van der Waals surface area contributed by atoms with E-state index in [2.05, 4.69) is 30.3 Å². The molecule has 4 heteroatoms. The highest BCUT2D eigenvalue weighted by molar-refractivity contribution is 5.83. The first kappa shape index (κ1) is 10.2. The van der Waals surface area contributed by atoms with Crippen LogP contribution in [-0.2, 0) is 0 Å². The third kappa shape index (κ3) is 2.54. The molecule has 13 heavy (non-hydrogen) atoms. The number of nitrogens with two attached hydrogens (primary N) is 1. The molecule has 1 heterocycles. The molecule has 1 aliphatic heterocycles. The van der Waals surface area contributed by atoms with E-state index in [-0.39, 0.29) is 0 Å². The van der Waals surface area contributed by atoms with Gasteiger partial charge in [-0.3, -0.25) is 9.91 Å². The quantitative estimate of drug-likeness (QED) is 0.642. The molecule has 1 saturated heterocycles. The highest BCUT2D eigenvalue weighted by Crippen LogP contribution is 2.08. The average Bonchev–Trinajstić information content (AvgIpc) is 2.08. The number of nitrogens with zero attached hydrogens (tertiary/aromatic N) is 3. The number of hydrogen-bond donors (Lipinski definition) is 1. The summed E-state index contributed by atoms with van der Waals surface area (Å²) in [6.07, 6.45) is 2.45. The molecule has 0 aromatic carbocycles. The molecule has 0 aromatic heterocycles. The van der Waals surface area contributed by atoms with Crippen LogP contribution < -0.4 is 5.84 Å². The van der Waals surface area contributed by atoms with Crippen LogP contribution in [0.5, 0.6) is 0 Å². The Kier molecular flexibility index (Phi) is 3.45. The third-order valence-electron chi connectivity index (χ3n) is 2.26. The summed E-state index contributed by atoms with van der Waals surface area (Å²) in [5.41, 5.74) is 0. The summed E-state index contributed by atoms with van der Waals surface area (Å²) in [5, 5.41) is 1.69. The van der Waals surface area contributed by atoms with E-state index in [0.29, 0.717) is 6.04 Å². The van der Waals surface area contributed by atoms with Crippen molar-refractivity contribution in [2.24, 2.45) is 10.8 Å². The SMILES string of the molecule is C=C/N=C1/CCN(C(C)C)CN1N. The molecule has 1 fully saturated rings. The van der Waals surface area contributed by atoms with E-state index < -0.39 is 0 Å². The highest BCUT2D eigenvalue weighted by Gasteiger charge is 2.20. The molecule has 0 atom stereocenters. The molecule has 1 aliphatic rings. The van der Waals surface area contributed by atoms with E-state index in [1.165, 1.54) is 0 Å². The zero-order valence-corrected chi connectivity index (χ0v) is 8.40. The topological polar surface area (TPSA) is 44.9 Å². The summed E-state index contributed by atoms with van der Waals surface area (Å²) in [7, 11) is 0. The van der Waals surface area contributed by atoms with Crippen LogP contribution in [0, 0.1) is 0 Å². The van der Waals surface area contributed by atoms with Crippen LogP contribution in [0.25, 0.3) is 0 Å². The first-order valence-corrected chi connectivity index (χ1v) is 4.59. The van der Waals surface area contributed by atoms with E-state index in [0.717, 1.165) is 25.5 Å². The summed E-state index contributed by atoms with van der Waals surface area (Å²) in [6, 6.07) is 0.538. The Morgan fingerprint density at radius 3 is 2.77 bits per heavy atom. The van der Waals surface area contributed by atoms with Crippen LogP contribution in [0.1, 0.15) is 20.3 Å². The number of hydrogen-bond acceptors (Lipinski definition) is 3. The van der Waals surface area contributed by atoms with Crippen molar-refractivity contribution in [3.63, 3.8) is 0 Å². The zero-order chi connectivity index (χ0) is 9.84. The van der Waals surface area contributed by atoms with Gasteiger partial charge in [0.05, 0.1) is 6.67 Å². The minimum Gasteiger partial charge on any atom is -0.284 e. The summed E-state index contributed by atoms with van der Waals surface area (Å²) >= 11 is 0. The maximum absolute atomic E-state index is 5.81. The first-order chi connectivity index (χ1) is 6.15. The fourth-order valence-electron chi connectivity index (χ4n) is 1.40. The maximum atomic E-state index is 5.81. The van der Waals surface area contributed by atoms with Crippen molar-refractivity contribution in [2.75, 3.05) is 13.2 Å². The third-order valence-corrected chi connectivity index (χ3v) is 2.26. The standard InChI is InChI=1S/C9H18N4/c1-4-11-9-5-6-12(8(2)3)7-13(9)10/h4,8H,1,5-7,10H2,2-3H3/b11-9-. The Labute approximate surface area is 79.7 Å². The lowest BCUT2D eigenvalue weighted by Gasteiger charge is -2.36. The van der Waals surface area contributed by atoms with Crippen LogP contribution in [0.15, 0.2) is 17.8 Å². The minimum absolute atomic E-state index is 0.538. The molecule has 74 valence electrons. The predicted octanol–water partition coefficient (Wildman–Crippen LogP) is 0.776. The van der Waals surface area contributed by atoms with E-state index in [1.807, 2.05) is 0 Å². The molecule has 0 radical (unpaired) electrons. The molecule has 4 nitrogen and oxygen atoms in total. The van der Waals surface area contributed by atoms with Gasteiger partial charge in [0.1, 0.15) is 5.84 Å². The van der Waals surface area contributed by atoms with Crippen LogP contribution in [0.4, 0.5) is 0 Å². The van der Waals surface area contributed by atoms with Crippen LogP contribution in [0.2, 0.25) is 0 Å². The fraction of sp³-hybridized carbons (Fsp3) is 0.667. The summed E-state index contributed by atoms with van der Waals surface area (Å²) in [4.78, 5) is 6.42. The van der Waals surface area contributed by atoms with Crippen LogP contribution in [-0.4, -0.2) is 35.0 Å². The van der Waals surface area contributed by atoms with Crippen LogP contribution >= 0.6 is 0 Å². The number of amidine groups is 1. The Balaban J connectivity index is 2.56. The number of rotatable bonds is 2. The Bertz CT molecular complexity index is 210. The normalized spacial score (nSPS) is 22.8. The molecule has 0 amide bonds. The molecule has 0 spiro atoms. The van der Waals surface area contributed by atoms with E-state index >= 15 is 0 Å². The number of hydrazine groups is 1. The molecule has 0 bridgehead atoms. The molecule has 0 unspecified atom stereocenters. The zero-order valence-electron chi connectivity index (χ0n) is 8.40. The van der Waals surface area contributed by atoms with Gasteiger partial charge >= 0.3 is 0 Å². The molecule has 0 saturated carbocycles. The molecule has 0 aliphatic carbocycles. The maximum Gasteiger partial charge on any atom is 0.121 e. The first-order valence-electron chi connectivity index (χ1n) is 4.59. The monoisotopic (exact) mass is 182 g/mol. The smallest absolute Gasteiger partial charge is 0.121 e. The van der Waals surface area contributed by atoms with Crippen molar-refractivity contribution in [1.82, 2.24) is 9.91 Å². The fourth-order valence-corrected chi connectivity index (χ4v) is 1.40. The second kappa shape index (κ2) is 4.39. The van der Waals surface area contributed by atoms with Crippen molar-refractivity contribution in [1.29, 1.82) is 0 Å². The predicted molar refractivity (Wildman–Crippen MR) is 55.0 cm³/mol. The van der Waals surface area contributed by atoms with Crippen LogP contribution in [0.3, 0.4) is 0 Å². The van der Waals surface area contributed by atoms with Crippen molar-refractivity contribution >= 4 is 5.84 Å². The Morgan fingerprint density at radius 1 is 1.62 bits per heavy atom. The van der Waals surface area contributed by atoms with E-state index in [1.54, 1.807) is 11.2 Å². The highest BCUT2D eigenvalue weighted by atomic mass is 15.5. The van der Waals surface area contributed by atoms with Crippen molar-refractivity contribution < 1.29 is 0 Å². The molecule has 0 aromatic rings. The van der Waals surface area contributed by atoms with E-state index in [9.17, 15) is 0 Å². The van der Waals surface area contributed by atoms with Gasteiger partial charge in [-0.1, -0.05) is 6.58 Å². The summed E-state index contributed by atoms with van der Waals surface area (Å²) in [5.74, 6) is 6.73. The van der Waals surface area contributed by atoms with Crippen molar-refractivity contribution in [2.45, 2.75) is 26.3 Å². The average molecular weight is 182 g/mol. The lowest BCUT2D eigenvalue weighted by Crippen LogP contribution is -2.53. The van der Waals surface area contributed by atoms with Gasteiger partial charge in [0.15, 0.2) is 0 Å². The Morgan fingerprint density at radius 2 is 2.31 bits per heavy atom. The van der Waals surface area contributed by atoms with Gasteiger partial charge in [0.25, 0.3) is 0 Å². The van der Waals surface area contributed by atoms with Crippen molar-refractivity contribution in [3.05, 3.63) is 12.8 Å². The van der Waals surface area contributed by atoms with Gasteiger partial charge < -0.3 is 0 Å². The van der Waals surface area contributed by atoms with E-state index in [4.69, 9.17) is 5.84 Å². The van der Waals surface area contributed by atoms with Gasteiger partial charge in [-0.15, -0.1) is 0 Å². The summed E-state index contributed by atoms with van der Waals surface area (Å²) < 4.78 is 0. The minimum atomic E-state index is 0.538. The summed E-state index contributed by atoms with van der Waals surface area (Å²) in [6.45, 7) is 9.68.